The molecule has 0 spiro atoms. The standard InChI is InChI=1S/C14H17F3N4O2S2/c1-8-7-24-13-11(8)12(18-9(2)19-13)20-10-3-5-21(6-4-10)25(22,23)14(15,16)17/h7,10H,3-6H2,1-2H3,(H,18,19,20). The Morgan fingerprint density at radius 2 is 1.88 bits per heavy atom. The minimum absolute atomic E-state index is 0.142. The van der Waals surface area contributed by atoms with Gasteiger partial charge in [-0.25, -0.2) is 18.4 Å². The summed E-state index contributed by atoms with van der Waals surface area (Å²) in [6.07, 6.45) is 0.562. The lowest BCUT2D eigenvalue weighted by Gasteiger charge is -2.32. The van der Waals surface area contributed by atoms with Crippen LogP contribution in [0.1, 0.15) is 24.2 Å². The molecule has 138 valence electrons. The second-order valence-electron chi connectivity index (χ2n) is 5.99. The van der Waals surface area contributed by atoms with Crippen LogP contribution < -0.4 is 5.32 Å². The maximum Gasteiger partial charge on any atom is 0.511 e. The summed E-state index contributed by atoms with van der Waals surface area (Å²) in [7, 11) is -5.25. The molecule has 2 aromatic heterocycles. The van der Waals surface area contributed by atoms with Crippen molar-refractivity contribution in [3.05, 3.63) is 16.8 Å². The molecule has 1 saturated heterocycles. The van der Waals surface area contributed by atoms with Crippen LogP contribution >= 0.6 is 11.3 Å². The van der Waals surface area contributed by atoms with Crippen molar-refractivity contribution in [1.82, 2.24) is 14.3 Å². The molecule has 0 amide bonds. The van der Waals surface area contributed by atoms with E-state index in [9.17, 15) is 21.6 Å². The molecule has 1 fully saturated rings. The first-order valence-corrected chi connectivity index (χ1v) is 9.97. The quantitative estimate of drug-likeness (QED) is 0.866. The number of hydrogen-bond acceptors (Lipinski definition) is 6. The van der Waals surface area contributed by atoms with Crippen molar-refractivity contribution in [3.63, 3.8) is 0 Å². The maximum atomic E-state index is 12.6. The fraction of sp³-hybridized carbons (Fsp3) is 0.571. The van der Waals surface area contributed by atoms with Crippen LogP contribution in [0.2, 0.25) is 0 Å². The number of hydrogen-bond donors (Lipinski definition) is 1. The molecule has 0 aromatic carbocycles. The van der Waals surface area contributed by atoms with E-state index in [1.807, 2.05) is 12.3 Å². The molecular formula is C14H17F3N4O2S2. The number of halogens is 3. The SMILES string of the molecule is Cc1nc(NC2CCN(S(=O)(=O)C(F)(F)F)CC2)c2c(C)csc2n1. The maximum absolute atomic E-state index is 12.6. The van der Waals surface area contributed by atoms with Crippen molar-refractivity contribution in [2.75, 3.05) is 18.4 Å². The molecule has 0 radical (unpaired) electrons. The zero-order valence-corrected chi connectivity index (χ0v) is 15.2. The summed E-state index contributed by atoms with van der Waals surface area (Å²) in [6.45, 7) is 3.38. The Bertz CT molecular complexity index is 887. The highest BCUT2D eigenvalue weighted by Crippen LogP contribution is 2.32. The van der Waals surface area contributed by atoms with Crippen LogP contribution in [0.4, 0.5) is 19.0 Å². The number of aromatic nitrogens is 2. The van der Waals surface area contributed by atoms with E-state index >= 15 is 0 Å². The Hall–Kier alpha value is -1.46. The summed E-state index contributed by atoms with van der Waals surface area (Å²) >= 11 is 1.51. The summed E-state index contributed by atoms with van der Waals surface area (Å²) in [6, 6.07) is -0.142. The highest BCUT2D eigenvalue weighted by Gasteiger charge is 2.50. The average Bonchev–Trinajstić information content (AvgIpc) is 2.88. The highest BCUT2D eigenvalue weighted by atomic mass is 32.2. The first-order chi connectivity index (χ1) is 11.6. The smallest absolute Gasteiger partial charge is 0.367 e. The number of alkyl halides is 3. The molecule has 0 unspecified atom stereocenters. The van der Waals surface area contributed by atoms with Crippen molar-refractivity contribution >= 4 is 37.4 Å². The monoisotopic (exact) mass is 394 g/mol. The zero-order valence-electron chi connectivity index (χ0n) is 13.6. The number of fused-ring (bicyclic) bond motifs is 1. The van der Waals surface area contributed by atoms with Gasteiger partial charge in [-0.15, -0.1) is 11.3 Å². The molecule has 0 atom stereocenters. The van der Waals surface area contributed by atoms with Gasteiger partial charge in [0.05, 0.1) is 5.39 Å². The first kappa shape index (κ1) is 18.3. The molecule has 0 saturated carbocycles. The minimum atomic E-state index is -5.25. The average molecular weight is 394 g/mol. The van der Waals surface area contributed by atoms with Gasteiger partial charge in [0, 0.05) is 19.1 Å². The molecule has 6 nitrogen and oxygen atoms in total. The molecule has 3 rings (SSSR count). The molecule has 0 bridgehead atoms. The van der Waals surface area contributed by atoms with E-state index in [0.29, 0.717) is 15.9 Å². The van der Waals surface area contributed by atoms with Gasteiger partial charge in [0.15, 0.2) is 0 Å². The summed E-state index contributed by atoms with van der Waals surface area (Å²) in [5, 5.41) is 6.13. The molecule has 3 heterocycles. The number of sulfonamides is 1. The van der Waals surface area contributed by atoms with E-state index in [2.05, 4.69) is 15.3 Å². The van der Waals surface area contributed by atoms with Gasteiger partial charge in [-0.1, -0.05) is 0 Å². The zero-order chi connectivity index (χ0) is 18.4. The second kappa shape index (κ2) is 6.36. The Balaban J connectivity index is 1.74. The summed E-state index contributed by atoms with van der Waals surface area (Å²) in [5.74, 6) is 1.26. The van der Waals surface area contributed by atoms with Gasteiger partial charge in [0.2, 0.25) is 0 Å². The second-order valence-corrected chi connectivity index (χ2v) is 8.77. The van der Waals surface area contributed by atoms with Gasteiger partial charge in [-0.05, 0) is 37.6 Å². The van der Waals surface area contributed by atoms with Gasteiger partial charge < -0.3 is 5.32 Å². The van der Waals surface area contributed by atoms with Gasteiger partial charge >= 0.3 is 15.5 Å². The van der Waals surface area contributed by atoms with E-state index < -0.39 is 15.5 Å². The van der Waals surface area contributed by atoms with Gasteiger partial charge in [0.25, 0.3) is 0 Å². The molecule has 2 aromatic rings. The molecular weight excluding hydrogens is 377 g/mol. The normalized spacial score (nSPS) is 18.0. The number of thiophene rings is 1. The van der Waals surface area contributed by atoms with Crippen LogP contribution in [-0.4, -0.2) is 47.3 Å². The molecule has 1 aliphatic rings. The Morgan fingerprint density at radius 3 is 2.48 bits per heavy atom. The Morgan fingerprint density at radius 1 is 1.24 bits per heavy atom. The lowest BCUT2D eigenvalue weighted by atomic mass is 10.1. The number of anilines is 1. The third-order valence-electron chi connectivity index (χ3n) is 4.16. The minimum Gasteiger partial charge on any atom is -0.367 e. The van der Waals surface area contributed by atoms with Crippen LogP contribution in [0, 0.1) is 13.8 Å². The van der Waals surface area contributed by atoms with Gasteiger partial charge in [-0.3, -0.25) is 0 Å². The predicted octanol–water partition coefficient (Wildman–Crippen LogP) is 3.03. The van der Waals surface area contributed by atoms with Crippen LogP contribution in [0.25, 0.3) is 10.2 Å². The molecule has 1 aliphatic heterocycles. The fourth-order valence-corrected chi connectivity index (χ4v) is 4.83. The fourth-order valence-electron chi connectivity index (χ4n) is 2.88. The van der Waals surface area contributed by atoms with Crippen LogP contribution in [-0.2, 0) is 10.0 Å². The molecule has 0 aliphatic carbocycles. The van der Waals surface area contributed by atoms with Crippen molar-refractivity contribution in [2.24, 2.45) is 0 Å². The van der Waals surface area contributed by atoms with E-state index in [-0.39, 0.29) is 32.0 Å². The van der Waals surface area contributed by atoms with Crippen LogP contribution in [0.3, 0.4) is 0 Å². The number of rotatable bonds is 3. The molecule has 1 N–H and O–H groups in total. The third-order valence-corrected chi connectivity index (χ3v) is 6.78. The lowest BCUT2D eigenvalue weighted by Crippen LogP contribution is -2.47. The van der Waals surface area contributed by atoms with Crippen molar-refractivity contribution in [3.8, 4) is 0 Å². The third kappa shape index (κ3) is 3.44. The Kier molecular flexibility index (Phi) is 4.67. The van der Waals surface area contributed by atoms with E-state index in [1.54, 1.807) is 6.92 Å². The van der Waals surface area contributed by atoms with E-state index in [0.717, 1.165) is 15.8 Å². The number of piperidine rings is 1. The first-order valence-electron chi connectivity index (χ1n) is 7.65. The number of nitrogens with one attached hydrogen (secondary N) is 1. The highest BCUT2D eigenvalue weighted by molar-refractivity contribution is 7.90. The van der Waals surface area contributed by atoms with Crippen LogP contribution in [0.15, 0.2) is 5.38 Å². The van der Waals surface area contributed by atoms with E-state index in [4.69, 9.17) is 0 Å². The number of aryl methyl sites for hydroxylation is 2. The van der Waals surface area contributed by atoms with Gasteiger partial charge in [-0.2, -0.15) is 17.5 Å². The van der Waals surface area contributed by atoms with Crippen molar-refractivity contribution in [2.45, 2.75) is 38.2 Å². The molecule has 11 heteroatoms. The van der Waals surface area contributed by atoms with Crippen molar-refractivity contribution < 1.29 is 21.6 Å². The van der Waals surface area contributed by atoms with E-state index in [1.165, 1.54) is 11.3 Å². The topological polar surface area (TPSA) is 75.2 Å². The molecule has 25 heavy (non-hydrogen) atoms. The lowest BCUT2D eigenvalue weighted by molar-refractivity contribution is -0.0494. The predicted molar refractivity (Wildman–Crippen MR) is 90.1 cm³/mol. The summed E-state index contributed by atoms with van der Waals surface area (Å²) < 4.78 is 61.3. The summed E-state index contributed by atoms with van der Waals surface area (Å²) in [5.41, 5.74) is -4.23. The largest absolute Gasteiger partial charge is 0.511 e. The summed E-state index contributed by atoms with van der Waals surface area (Å²) in [4.78, 5) is 9.64. The Labute approximate surface area is 147 Å². The van der Waals surface area contributed by atoms with Crippen molar-refractivity contribution in [1.29, 1.82) is 0 Å². The van der Waals surface area contributed by atoms with Crippen LogP contribution in [0.5, 0.6) is 0 Å². The van der Waals surface area contributed by atoms with Gasteiger partial charge in [0.1, 0.15) is 16.5 Å². The number of nitrogens with zero attached hydrogens (tertiary/aromatic N) is 3.